The van der Waals surface area contributed by atoms with Crippen molar-refractivity contribution >= 4 is 35.3 Å². The highest BCUT2D eigenvalue weighted by molar-refractivity contribution is 8.00. The largest absolute Gasteiger partial charge is 0.198 e. The fourth-order valence-corrected chi connectivity index (χ4v) is 4.79. The molecule has 0 saturated heterocycles. The third-order valence-electron chi connectivity index (χ3n) is 2.61. The Kier molecular flexibility index (Phi) is 15.4. The summed E-state index contributed by atoms with van der Waals surface area (Å²) < 4.78 is 0. The van der Waals surface area contributed by atoms with E-state index in [0.717, 1.165) is 23.8 Å². The summed E-state index contributed by atoms with van der Waals surface area (Å²) in [6, 6.07) is 2.45. The molecule has 19 heavy (non-hydrogen) atoms. The van der Waals surface area contributed by atoms with Crippen molar-refractivity contribution in [2.45, 2.75) is 40.0 Å². The van der Waals surface area contributed by atoms with Gasteiger partial charge in [-0.2, -0.15) is 40.5 Å². The van der Waals surface area contributed by atoms with E-state index in [1.165, 1.54) is 35.9 Å². The standard InChI is InChI=1S/C15H29NS3/c1-4-7-17-11-14(3)12-19-9-6-15(10-16)13-18-8-5-2/h14-15H,4-9,11-13H2,1-3H3. The summed E-state index contributed by atoms with van der Waals surface area (Å²) in [6.45, 7) is 6.78. The van der Waals surface area contributed by atoms with Crippen molar-refractivity contribution < 1.29 is 0 Å². The molecule has 0 fully saturated rings. The van der Waals surface area contributed by atoms with Crippen LogP contribution in [0.3, 0.4) is 0 Å². The highest BCUT2D eigenvalue weighted by Crippen LogP contribution is 2.19. The highest BCUT2D eigenvalue weighted by atomic mass is 32.2. The van der Waals surface area contributed by atoms with Gasteiger partial charge in [0.15, 0.2) is 0 Å². The minimum absolute atomic E-state index is 0.258. The van der Waals surface area contributed by atoms with E-state index in [-0.39, 0.29) is 5.92 Å². The first-order valence-electron chi connectivity index (χ1n) is 7.37. The van der Waals surface area contributed by atoms with Crippen molar-refractivity contribution in [3.8, 4) is 6.07 Å². The van der Waals surface area contributed by atoms with Crippen LogP contribution in [0.1, 0.15) is 40.0 Å². The monoisotopic (exact) mass is 319 g/mol. The van der Waals surface area contributed by atoms with Crippen LogP contribution in [0.4, 0.5) is 0 Å². The Morgan fingerprint density at radius 3 is 1.95 bits per heavy atom. The molecule has 0 aromatic carbocycles. The molecular formula is C15H29NS3. The Morgan fingerprint density at radius 2 is 1.42 bits per heavy atom. The second-order valence-electron chi connectivity index (χ2n) is 4.94. The first kappa shape index (κ1) is 19.5. The van der Waals surface area contributed by atoms with Crippen LogP contribution in [-0.2, 0) is 0 Å². The van der Waals surface area contributed by atoms with Gasteiger partial charge in [-0.05, 0) is 53.9 Å². The van der Waals surface area contributed by atoms with Crippen LogP contribution in [0.5, 0.6) is 0 Å². The van der Waals surface area contributed by atoms with E-state index in [1.807, 2.05) is 23.5 Å². The van der Waals surface area contributed by atoms with Gasteiger partial charge in [-0.3, -0.25) is 0 Å². The molecule has 0 saturated carbocycles. The lowest BCUT2D eigenvalue weighted by Crippen LogP contribution is -2.06. The molecule has 112 valence electrons. The van der Waals surface area contributed by atoms with E-state index < -0.39 is 0 Å². The Hall–Kier alpha value is 0.540. The van der Waals surface area contributed by atoms with Crippen molar-refractivity contribution in [3.63, 3.8) is 0 Å². The predicted octanol–water partition coefficient (Wildman–Crippen LogP) is 5.17. The summed E-state index contributed by atoms with van der Waals surface area (Å²) >= 11 is 6.03. The lowest BCUT2D eigenvalue weighted by Gasteiger charge is -2.12. The maximum atomic E-state index is 9.10. The summed E-state index contributed by atoms with van der Waals surface area (Å²) in [5, 5.41) is 9.10. The molecule has 0 aromatic rings. The van der Waals surface area contributed by atoms with E-state index in [1.54, 1.807) is 0 Å². The molecule has 0 heterocycles. The van der Waals surface area contributed by atoms with E-state index in [9.17, 15) is 0 Å². The summed E-state index contributed by atoms with van der Waals surface area (Å²) in [6.07, 6.45) is 3.56. The zero-order chi connectivity index (χ0) is 14.3. The topological polar surface area (TPSA) is 23.8 Å². The molecule has 0 bridgehead atoms. The fraction of sp³-hybridized carbons (Fsp3) is 0.933. The SMILES string of the molecule is CCCSCC(C)CSCCC(C#N)CSCCC. The van der Waals surface area contributed by atoms with Crippen molar-refractivity contribution in [3.05, 3.63) is 0 Å². The van der Waals surface area contributed by atoms with Crippen LogP contribution in [-0.4, -0.2) is 34.5 Å². The molecule has 2 unspecified atom stereocenters. The van der Waals surface area contributed by atoms with Crippen LogP contribution < -0.4 is 0 Å². The summed E-state index contributed by atoms with van der Waals surface area (Å²) in [4.78, 5) is 0. The van der Waals surface area contributed by atoms with Gasteiger partial charge in [0.2, 0.25) is 0 Å². The number of hydrogen-bond donors (Lipinski definition) is 0. The first-order chi connectivity index (χ1) is 9.24. The number of nitriles is 1. The number of nitrogens with zero attached hydrogens (tertiary/aromatic N) is 1. The number of hydrogen-bond acceptors (Lipinski definition) is 4. The van der Waals surface area contributed by atoms with Gasteiger partial charge < -0.3 is 0 Å². The molecular weight excluding hydrogens is 290 g/mol. The average molecular weight is 320 g/mol. The maximum absolute atomic E-state index is 9.10. The average Bonchev–Trinajstić information content (AvgIpc) is 2.42. The molecule has 2 atom stereocenters. The van der Waals surface area contributed by atoms with Crippen LogP contribution >= 0.6 is 35.3 Å². The maximum Gasteiger partial charge on any atom is 0.0664 e. The van der Waals surface area contributed by atoms with Gasteiger partial charge in [-0.1, -0.05) is 20.8 Å². The van der Waals surface area contributed by atoms with E-state index >= 15 is 0 Å². The van der Waals surface area contributed by atoms with Crippen LogP contribution in [0.25, 0.3) is 0 Å². The van der Waals surface area contributed by atoms with Gasteiger partial charge >= 0.3 is 0 Å². The number of rotatable bonds is 13. The highest BCUT2D eigenvalue weighted by Gasteiger charge is 2.08. The van der Waals surface area contributed by atoms with Crippen molar-refractivity contribution in [2.24, 2.45) is 11.8 Å². The fourth-order valence-electron chi connectivity index (χ4n) is 1.54. The second-order valence-corrected chi connectivity index (χ2v) is 8.39. The lowest BCUT2D eigenvalue weighted by molar-refractivity contribution is 0.725. The Morgan fingerprint density at radius 1 is 0.895 bits per heavy atom. The molecule has 0 aliphatic heterocycles. The van der Waals surface area contributed by atoms with Gasteiger partial charge in [-0.15, -0.1) is 0 Å². The van der Waals surface area contributed by atoms with E-state index in [0.29, 0.717) is 0 Å². The molecule has 0 N–H and O–H groups in total. The third kappa shape index (κ3) is 13.3. The molecule has 0 spiro atoms. The third-order valence-corrected chi connectivity index (χ3v) is 6.78. The predicted molar refractivity (Wildman–Crippen MR) is 95.4 cm³/mol. The van der Waals surface area contributed by atoms with Gasteiger partial charge in [0.1, 0.15) is 0 Å². The molecule has 0 rings (SSSR count). The van der Waals surface area contributed by atoms with Crippen molar-refractivity contribution in [1.82, 2.24) is 0 Å². The van der Waals surface area contributed by atoms with Gasteiger partial charge in [0, 0.05) is 5.75 Å². The summed E-state index contributed by atoms with van der Waals surface area (Å²) in [5.74, 6) is 8.24. The second kappa shape index (κ2) is 14.9. The molecule has 1 nitrogen and oxygen atoms in total. The smallest absolute Gasteiger partial charge is 0.0664 e. The van der Waals surface area contributed by atoms with E-state index in [2.05, 4.69) is 38.6 Å². The Bertz CT molecular complexity index is 228. The van der Waals surface area contributed by atoms with Gasteiger partial charge in [0.25, 0.3) is 0 Å². The van der Waals surface area contributed by atoms with Crippen LogP contribution in [0.2, 0.25) is 0 Å². The van der Waals surface area contributed by atoms with E-state index in [4.69, 9.17) is 5.26 Å². The normalized spacial score (nSPS) is 14.0. The Balaban J connectivity index is 3.46. The molecule has 0 aliphatic rings. The Labute approximate surface area is 133 Å². The zero-order valence-corrected chi connectivity index (χ0v) is 15.1. The minimum Gasteiger partial charge on any atom is -0.198 e. The van der Waals surface area contributed by atoms with Crippen LogP contribution in [0.15, 0.2) is 0 Å². The molecule has 4 heteroatoms. The molecule has 0 amide bonds. The summed E-state index contributed by atoms with van der Waals surface area (Å²) in [7, 11) is 0. The van der Waals surface area contributed by atoms with Crippen LogP contribution in [0, 0.1) is 23.2 Å². The lowest BCUT2D eigenvalue weighted by atomic mass is 10.1. The van der Waals surface area contributed by atoms with Crippen molar-refractivity contribution in [2.75, 3.05) is 34.5 Å². The molecule has 0 radical (unpaired) electrons. The number of thioether (sulfide) groups is 3. The summed E-state index contributed by atoms with van der Waals surface area (Å²) in [5.41, 5.74) is 0. The zero-order valence-electron chi connectivity index (χ0n) is 12.7. The van der Waals surface area contributed by atoms with Crippen molar-refractivity contribution in [1.29, 1.82) is 5.26 Å². The minimum atomic E-state index is 0.258. The molecule has 0 aliphatic carbocycles. The quantitative estimate of drug-likeness (QED) is 0.437. The van der Waals surface area contributed by atoms with Gasteiger partial charge in [0.05, 0.1) is 12.0 Å². The first-order valence-corrected chi connectivity index (χ1v) is 10.8. The molecule has 0 aromatic heterocycles. The van der Waals surface area contributed by atoms with Gasteiger partial charge in [-0.25, -0.2) is 0 Å².